The van der Waals surface area contributed by atoms with Gasteiger partial charge >= 0.3 is 0 Å². The number of hydrogen-bond acceptors (Lipinski definition) is 2. The second-order valence-electron chi connectivity index (χ2n) is 4.71. The lowest BCUT2D eigenvalue weighted by molar-refractivity contribution is 0.628. The molecule has 0 radical (unpaired) electrons. The maximum atomic E-state index is 13.0. The van der Waals surface area contributed by atoms with Gasteiger partial charge in [0, 0.05) is 18.7 Å². The first-order valence-corrected chi connectivity index (χ1v) is 6.68. The number of nitrogens with two attached hydrogens (primary N) is 1. The van der Waals surface area contributed by atoms with Crippen LogP contribution in [0.2, 0.25) is 0 Å². The van der Waals surface area contributed by atoms with Gasteiger partial charge in [-0.15, -0.1) is 0 Å². The second-order valence-corrected chi connectivity index (χ2v) is 4.71. The Bertz CT molecular complexity index is 744. The van der Waals surface area contributed by atoms with E-state index in [1.165, 1.54) is 12.1 Å². The lowest BCUT2D eigenvalue weighted by atomic mass is 10.2. The van der Waals surface area contributed by atoms with Crippen molar-refractivity contribution in [2.75, 3.05) is 0 Å². The van der Waals surface area contributed by atoms with Gasteiger partial charge in [-0.2, -0.15) is 0 Å². The monoisotopic (exact) mass is 269 g/mol. The Labute approximate surface area is 116 Å². The van der Waals surface area contributed by atoms with Crippen molar-refractivity contribution in [2.45, 2.75) is 20.0 Å². The van der Waals surface area contributed by atoms with Crippen molar-refractivity contribution in [3.63, 3.8) is 0 Å². The Kier molecular flexibility index (Phi) is 3.24. The van der Waals surface area contributed by atoms with Crippen LogP contribution < -0.4 is 5.73 Å². The van der Waals surface area contributed by atoms with Gasteiger partial charge in [0.15, 0.2) is 0 Å². The molecule has 3 aromatic rings. The summed E-state index contributed by atoms with van der Waals surface area (Å²) < 4.78 is 15.2. The van der Waals surface area contributed by atoms with Crippen LogP contribution in [-0.4, -0.2) is 9.55 Å². The third-order valence-corrected chi connectivity index (χ3v) is 3.47. The molecule has 3 rings (SSSR count). The molecule has 1 aromatic heterocycles. The summed E-state index contributed by atoms with van der Waals surface area (Å²) in [4.78, 5) is 4.68. The molecule has 0 fully saturated rings. The standard InChI is InChI=1S/C16H16FN3/c1-2-20-15-8-3-11(10-18)9-14(15)19-16(20)12-4-6-13(17)7-5-12/h3-9H,2,10,18H2,1H3. The number of fused-ring (bicyclic) bond motifs is 1. The highest BCUT2D eigenvalue weighted by molar-refractivity contribution is 5.81. The molecule has 0 aliphatic rings. The van der Waals surface area contributed by atoms with Gasteiger partial charge in [-0.05, 0) is 48.9 Å². The van der Waals surface area contributed by atoms with E-state index in [0.29, 0.717) is 6.54 Å². The molecular weight excluding hydrogens is 253 g/mol. The predicted molar refractivity (Wildman–Crippen MR) is 78.7 cm³/mol. The van der Waals surface area contributed by atoms with Crippen molar-refractivity contribution in [3.8, 4) is 11.4 Å². The van der Waals surface area contributed by atoms with Crippen LogP contribution in [0.3, 0.4) is 0 Å². The predicted octanol–water partition coefficient (Wildman–Crippen LogP) is 3.32. The van der Waals surface area contributed by atoms with E-state index in [0.717, 1.165) is 34.5 Å². The molecule has 2 aromatic carbocycles. The number of halogens is 1. The highest BCUT2D eigenvalue weighted by atomic mass is 19.1. The molecule has 3 nitrogen and oxygen atoms in total. The van der Waals surface area contributed by atoms with Crippen molar-refractivity contribution in [1.82, 2.24) is 9.55 Å². The molecule has 0 bridgehead atoms. The van der Waals surface area contributed by atoms with Crippen LogP contribution in [0.1, 0.15) is 12.5 Å². The number of aryl methyl sites for hydroxylation is 1. The van der Waals surface area contributed by atoms with Gasteiger partial charge < -0.3 is 10.3 Å². The summed E-state index contributed by atoms with van der Waals surface area (Å²) in [5.74, 6) is 0.620. The van der Waals surface area contributed by atoms with Crippen molar-refractivity contribution in [2.24, 2.45) is 5.73 Å². The zero-order valence-corrected chi connectivity index (χ0v) is 11.3. The molecule has 0 saturated carbocycles. The number of hydrogen-bond donors (Lipinski definition) is 1. The summed E-state index contributed by atoms with van der Waals surface area (Å²) >= 11 is 0. The summed E-state index contributed by atoms with van der Waals surface area (Å²) in [6, 6.07) is 12.5. The van der Waals surface area contributed by atoms with E-state index in [4.69, 9.17) is 5.73 Å². The highest BCUT2D eigenvalue weighted by Crippen LogP contribution is 2.25. The summed E-state index contributed by atoms with van der Waals surface area (Å²) in [6.45, 7) is 3.39. The SMILES string of the molecule is CCn1c(-c2ccc(F)cc2)nc2cc(CN)ccc21. The zero-order chi connectivity index (χ0) is 14.1. The molecule has 0 atom stereocenters. The number of nitrogens with zero attached hydrogens (tertiary/aromatic N) is 2. The highest BCUT2D eigenvalue weighted by Gasteiger charge is 2.11. The van der Waals surface area contributed by atoms with Gasteiger partial charge in [0.25, 0.3) is 0 Å². The van der Waals surface area contributed by atoms with Crippen molar-refractivity contribution in [3.05, 3.63) is 53.8 Å². The molecule has 0 spiro atoms. The second kappa shape index (κ2) is 5.06. The Morgan fingerprint density at radius 3 is 2.55 bits per heavy atom. The van der Waals surface area contributed by atoms with E-state index < -0.39 is 0 Å². The van der Waals surface area contributed by atoms with E-state index >= 15 is 0 Å². The van der Waals surface area contributed by atoms with Crippen LogP contribution in [0.5, 0.6) is 0 Å². The van der Waals surface area contributed by atoms with Crippen LogP contribution in [0.25, 0.3) is 22.4 Å². The lowest BCUT2D eigenvalue weighted by Gasteiger charge is -2.06. The molecule has 20 heavy (non-hydrogen) atoms. The number of aromatic nitrogens is 2. The average molecular weight is 269 g/mol. The molecule has 0 amide bonds. The van der Waals surface area contributed by atoms with Crippen molar-refractivity contribution >= 4 is 11.0 Å². The van der Waals surface area contributed by atoms with E-state index in [-0.39, 0.29) is 5.82 Å². The average Bonchev–Trinajstić information content (AvgIpc) is 2.85. The molecule has 4 heteroatoms. The van der Waals surface area contributed by atoms with Crippen LogP contribution in [-0.2, 0) is 13.1 Å². The van der Waals surface area contributed by atoms with E-state index in [9.17, 15) is 4.39 Å². The Morgan fingerprint density at radius 1 is 1.15 bits per heavy atom. The first-order chi connectivity index (χ1) is 9.72. The molecule has 0 aliphatic heterocycles. The van der Waals surface area contributed by atoms with E-state index in [1.54, 1.807) is 12.1 Å². The maximum absolute atomic E-state index is 13.0. The van der Waals surface area contributed by atoms with E-state index in [1.807, 2.05) is 18.2 Å². The van der Waals surface area contributed by atoms with Crippen LogP contribution >= 0.6 is 0 Å². The minimum Gasteiger partial charge on any atom is -0.326 e. The Morgan fingerprint density at radius 2 is 1.90 bits per heavy atom. The summed E-state index contributed by atoms with van der Waals surface area (Å²) in [5.41, 5.74) is 9.64. The number of benzene rings is 2. The molecular formula is C16H16FN3. The van der Waals surface area contributed by atoms with Crippen LogP contribution in [0, 0.1) is 5.82 Å². The third-order valence-electron chi connectivity index (χ3n) is 3.47. The first kappa shape index (κ1) is 12.8. The fraction of sp³-hybridized carbons (Fsp3) is 0.188. The third kappa shape index (κ3) is 2.08. The zero-order valence-electron chi connectivity index (χ0n) is 11.3. The first-order valence-electron chi connectivity index (χ1n) is 6.68. The van der Waals surface area contributed by atoms with Gasteiger partial charge in [0.05, 0.1) is 11.0 Å². The molecule has 102 valence electrons. The minimum absolute atomic E-state index is 0.238. The maximum Gasteiger partial charge on any atom is 0.141 e. The number of imidazole rings is 1. The van der Waals surface area contributed by atoms with Gasteiger partial charge in [0.1, 0.15) is 11.6 Å². The van der Waals surface area contributed by atoms with E-state index in [2.05, 4.69) is 16.5 Å². The summed E-state index contributed by atoms with van der Waals surface area (Å²) in [5, 5.41) is 0. The van der Waals surface area contributed by atoms with Crippen molar-refractivity contribution in [1.29, 1.82) is 0 Å². The largest absolute Gasteiger partial charge is 0.326 e. The normalized spacial score (nSPS) is 11.2. The fourth-order valence-corrected chi connectivity index (χ4v) is 2.44. The van der Waals surface area contributed by atoms with Gasteiger partial charge in [-0.1, -0.05) is 6.07 Å². The van der Waals surface area contributed by atoms with Crippen LogP contribution in [0.4, 0.5) is 4.39 Å². The lowest BCUT2D eigenvalue weighted by Crippen LogP contribution is -1.98. The van der Waals surface area contributed by atoms with Gasteiger partial charge in [-0.25, -0.2) is 9.37 Å². The Hall–Kier alpha value is -2.20. The minimum atomic E-state index is -0.238. The Balaban J connectivity index is 2.21. The topological polar surface area (TPSA) is 43.8 Å². The molecule has 2 N–H and O–H groups in total. The molecule has 0 unspecified atom stereocenters. The summed E-state index contributed by atoms with van der Waals surface area (Å²) in [7, 11) is 0. The van der Waals surface area contributed by atoms with Gasteiger partial charge in [-0.3, -0.25) is 0 Å². The summed E-state index contributed by atoms with van der Waals surface area (Å²) in [6.07, 6.45) is 0. The van der Waals surface area contributed by atoms with Crippen molar-refractivity contribution < 1.29 is 4.39 Å². The fourth-order valence-electron chi connectivity index (χ4n) is 2.44. The van der Waals surface area contributed by atoms with Gasteiger partial charge in [0.2, 0.25) is 0 Å². The van der Waals surface area contributed by atoms with Crippen LogP contribution in [0.15, 0.2) is 42.5 Å². The number of rotatable bonds is 3. The molecule has 1 heterocycles. The smallest absolute Gasteiger partial charge is 0.141 e. The quantitative estimate of drug-likeness (QED) is 0.792. The molecule has 0 aliphatic carbocycles. The molecule has 0 saturated heterocycles.